The Morgan fingerprint density at radius 1 is 1.19 bits per heavy atom. The molecule has 0 bridgehead atoms. The van der Waals surface area contributed by atoms with Crippen LogP contribution in [0.3, 0.4) is 0 Å². The van der Waals surface area contributed by atoms with Crippen molar-refractivity contribution in [1.82, 2.24) is 9.80 Å². The molecule has 96 valence electrons. The van der Waals surface area contributed by atoms with E-state index >= 15 is 0 Å². The molecule has 0 aromatic carbocycles. The van der Waals surface area contributed by atoms with Crippen molar-refractivity contribution in [1.29, 1.82) is 0 Å². The maximum absolute atomic E-state index is 5.94. The van der Waals surface area contributed by atoms with Gasteiger partial charge in [-0.3, -0.25) is 0 Å². The van der Waals surface area contributed by atoms with E-state index in [1.165, 1.54) is 52.0 Å². The summed E-state index contributed by atoms with van der Waals surface area (Å²) in [4.78, 5) is 5.03. The van der Waals surface area contributed by atoms with E-state index in [2.05, 4.69) is 30.7 Å². The minimum absolute atomic E-state index is 0.317. The number of hydrogen-bond donors (Lipinski definition) is 1. The second-order valence-electron chi connectivity index (χ2n) is 5.70. The quantitative estimate of drug-likeness (QED) is 0.770. The third-order valence-corrected chi connectivity index (χ3v) is 3.76. The number of nitrogens with two attached hydrogens (primary N) is 1. The molecule has 0 aromatic rings. The minimum atomic E-state index is 0.317. The summed E-state index contributed by atoms with van der Waals surface area (Å²) >= 11 is 0. The van der Waals surface area contributed by atoms with Crippen LogP contribution in [0, 0.1) is 5.41 Å². The van der Waals surface area contributed by atoms with Gasteiger partial charge in [-0.15, -0.1) is 0 Å². The maximum Gasteiger partial charge on any atom is 0.0109 e. The smallest absolute Gasteiger partial charge is 0.0109 e. The lowest BCUT2D eigenvalue weighted by Gasteiger charge is -2.34. The van der Waals surface area contributed by atoms with Crippen molar-refractivity contribution < 1.29 is 0 Å². The predicted molar refractivity (Wildman–Crippen MR) is 70.6 cm³/mol. The molecule has 0 aliphatic carbocycles. The van der Waals surface area contributed by atoms with E-state index in [0.717, 1.165) is 6.54 Å². The molecule has 0 amide bonds. The molecule has 0 aromatic heterocycles. The van der Waals surface area contributed by atoms with Gasteiger partial charge in [-0.25, -0.2) is 0 Å². The summed E-state index contributed by atoms with van der Waals surface area (Å²) in [5.41, 5.74) is 6.26. The number of nitrogens with zero attached hydrogens (tertiary/aromatic N) is 2. The Balaban J connectivity index is 2.44. The zero-order valence-electron chi connectivity index (χ0n) is 11.3. The Morgan fingerprint density at radius 3 is 2.56 bits per heavy atom. The molecular formula is C13H29N3. The first kappa shape index (κ1) is 13.9. The molecule has 1 unspecified atom stereocenters. The van der Waals surface area contributed by atoms with Crippen molar-refractivity contribution in [3.8, 4) is 0 Å². The van der Waals surface area contributed by atoms with Crippen molar-refractivity contribution in [3.63, 3.8) is 0 Å². The molecule has 1 heterocycles. The van der Waals surface area contributed by atoms with Crippen LogP contribution in [-0.2, 0) is 0 Å². The molecule has 0 saturated carbocycles. The molecular weight excluding hydrogens is 198 g/mol. The fourth-order valence-corrected chi connectivity index (χ4v) is 2.65. The third kappa shape index (κ3) is 4.40. The summed E-state index contributed by atoms with van der Waals surface area (Å²) in [5.74, 6) is 0. The van der Waals surface area contributed by atoms with Crippen molar-refractivity contribution in [2.24, 2.45) is 11.1 Å². The van der Waals surface area contributed by atoms with E-state index in [1.807, 2.05) is 0 Å². The van der Waals surface area contributed by atoms with Crippen molar-refractivity contribution in [3.05, 3.63) is 0 Å². The predicted octanol–water partition coefficient (Wildman–Crippen LogP) is 1.39. The Hall–Kier alpha value is -0.120. The van der Waals surface area contributed by atoms with E-state index in [9.17, 15) is 0 Å². The maximum atomic E-state index is 5.94. The highest BCUT2D eigenvalue weighted by atomic mass is 15.2. The highest BCUT2D eigenvalue weighted by molar-refractivity contribution is 4.80. The second-order valence-corrected chi connectivity index (χ2v) is 5.70. The molecule has 1 atom stereocenters. The van der Waals surface area contributed by atoms with Crippen LogP contribution < -0.4 is 5.73 Å². The zero-order chi connectivity index (χ0) is 12.0. The largest absolute Gasteiger partial charge is 0.330 e. The van der Waals surface area contributed by atoms with E-state index < -0.39 is 0 Å². The summed E-state index contributed by atoms with van der Waals surface area (Å²) < 4.78 is 0. The van der Waals surface area contributed by atoms with Crippen LogP contribution in [0.5, 0.6) is 0 Å². The summed E-state index contributed by atoms with van der Waals surface area (Å²) in [6, 6.07) is 0. The van der Waals surface area contributed by atoms with E-state index in [-0.39, 0.29) is 0 Å². The lowest BCUT2D eigenvalue weighted by atomic mass is 9.85. The normalized spacial score (nSPS) is 24.0. The molecule has 1 saturated heterocycles. The number of likely N-dealkylation sites (N-methyl/N-ethyl adjacent to an activating group) is 1. The van der Waals surface area contributed by atoms with Gasteiger partial charge in [0.15, 0.2) is 0 Å². The van der Waals surface area contributed by atoms with Crippen LogP contribution in [0.2, 0.25) is 0 Å². The van der Waals surface area contributed by atoms with Crippen LogP contribution in [0.25, 0.3) is 0 Å². The molecule has 2 N–H and O–H groups in total. The Morgan fingerprint density at radius 2 is 1.94 bits per heavy atom. The van der Waals surface area contributed by atoms with Gasteiger partial charge in [0.2, 0.25) is 0 Å². The first-order valence-electron chi connectivity index (χ1n) is 6.70. The summed E-state index contributed by atoms with van der Waals surface area (Å²) in [5, 5.41) is 0. The van der Waals surface area contributed by atoms with Gasteiger partial charge in [-0.05, 0) is 44.9 Å². The zero-order valence-corrected chi connectivity index (χ0v) is 11.3. The molecule has 0 radical (unpaired) electrons. The van der Waals surface area contributed by atoms with Crippen molar-refractivity contribution >= 4 is 0 Å². The van der Waals surface area contributed by atoms with Gasteiger partial charge in [0.25, 0.3) is 0 Å². The fraction of sp³-hybridized carbons (Fsp3) is 1.00. The lowest BCUT2D eigenvalue weighted by molar-refractivity contribution is 0.162. The van der Waals surface area contributed by atoms with E-state index in [0.29, 0.717) is 5.41 Å². The van der Waals surface area contributed by atoms with Gasteiger partial charge in [0.05, 0.1) is 0 Å². The number of hydrogen-bond acceptors (Lipinski definition) is 3. The van der Waals surface area contributed by atoms with Crippen LogP contribution >= 0.6 is 0 Å². The molecule has 1 rings (SSSR count). The Labute approximate surface area is 101 Å². The van der Waals surface area contributed by atoms with Crippen molar-refractivity contribution in [2.45, 2.75) is 33.1 Å². The summed E-state index contributed by atoms with van der Waals surface area (Å²) in [6.07, 6.45) is 3.78. The Kier molecular flexibility index (Phi) is 5.73. The van der Waals surface area contributed by atoms with Gasteiger partial charge < -0.3 is 15.5 Å². The molecule has 16 heavy (non-hydrogen) atoms. The summed E-state index contributed by atoms with van der Waals surface area (Å²) in [7, 11) is 2.22. The molecule has 1 aliphatic heterocycles. The highest BCUT2D eigenvalue weighted by Crippen LogP contribution is 2.23. The van der Waals surface area contributed by atoms with Gasteiger partial charge >= 0.3 is 0 Å². The average molecular weight is 227 g/mol. The summed E-state index contributed by atoms with van der Waals surface area (Å²) in [6.45, 7) is 11.5. The van der Waals surface area contributed by atoms with Gasteiger partial charge in [0.1, 0.15) is 0 Å². The number of rotatable bonds is 5. The van der Waals surface area contributed by atoms with Crippen LogP contribution in [0.1, 0.15) is 33.1 Å². The van der Waals surface area contributed by atoms with E-state index in [4.69, 9.17) is 5.73 Å². The minimum Gasteiger partial charge on any atom is -0.330 e. The van der Waals surface area contributed by atoms with Gasteiger partial charge in [0, 0.05) is 19.6 Å². The molecule has 1 aliphatic rings. The van der Waals surface area contributed by atoms with E-state index in [1.54, 1.807) is 0 Å². The van der Waals surface area contributed by atoms with Crippen LogP contribution in [0.4, 0.5) is 0 Å². The molecule has 0 spiro atoms. The van der Waals surface area contributed by atoms with Crippen molar-refractivity contribution in [2.75, 3.05) is 46.3 Å². The first-order chi connectivity index (χ1) is 7.59. The third-order valence-electron chi connectivity index (χ3n) is 3.76. The fourth-order valence-electron chi connectivity index (χ4n) is 2.65. The first-order valence-corrected chi connectivity index (χ1v) is 6.70. The van der Waals surface area contributed by atoms with Gasteiger partial charge in [-0.2, -0.15) is 0 Å². The SMILES string of the molecule is CCCC(C)(CN)CN1CCCN(C)CC1. The molecule has 3 heteroatoms. The monoisotopic (exact) mass is 227 g/mol. The standard InChI is InChI=1S/C13H29N3/c1-4-6-13(2,11-14)12-16-8-5-7-15(3)9-10-16/h4-12,14H2,1-3H3. The van der Waals surface area contributed by atoms with Crippen LogP contribution in [-0.4, -0.2) is 56.1 Å². The lowest BCUT2D eigenvalue weighted by Crippen LogP contribution is -2.42. The average Bonchev–Trinajstić information content (AvgIpc) is 2.44. The highest BCUT2D eigenvalue weighted by Gasteiger charge is 2.25. The van der Waals surface area contributed by atoms with Crippen LogP contribution in [0.15, 0.2) is 0 Å². The van der Waals surface area contributed by atoms with Gasteiger partial charge in [-0.1, -0.05) is 20.3 Å². The Bertz CT molecular complexity index is 196. The topological polar surface area (TPSA) is 32.5 Å². The molecule has 3 nitrogen and oxygen atoms in total. The molecule has 1 fully saturated rings. The second kappa shape index (κ2) is 6.58.